The summed E-state index contributed by atoms with van der Waals surface area (Å²) in [6.45, 7) is 1.93. The second-order valence-electron chi connectivity index (χ2n) is 3.74. The molecule has 2 heterocycles. The zero-order valence-electron chi connectivity index (χ0n) is 8.41. The van der Waals surface area contributed by atoms with Gasteiger partial charge in [-0.05, 0) is 25.9 Å². The molecule has 80 valence electrons. The van der Waals surface area contributed by atoms with Gasteiger partial charge in [0.1, 0.15) is 6.04 Å². The van der Waals surface area contributed by atoms with Crippen LogP contribution >= 0.6 is 11.6 Å². The number of imidazole rings is 1. The van der Waals surface area contributed by atoms with Crippen LogP contribution in [-0.2, 0) is 0 Å². The summed E-state index contributed by atoms with van der Waals surface area (Å²) in [7, 11) is 0. The Morgan fingerprint density at radius 1 is 1.47 bits per heavy atom. The zero-order valence-corrected chi connectivity index (χ0v) is 9.17. The maximum absolute atomic E-state index is 9.18. The Kier molecular flexibility index (Phi) is 3.24. The van der Waals surface area contributed by atoms with Gasteiger partial charge in [-0.25, -0.2) is 4.98 Å². The smallest absolute Gasteiger partial charge is 0.152 e. The van der Waals surface area contributed by atoms with Crippen LogP contribution in [0.25, 0.3) is 0 Å². The first-order valence-electron chi connectivity index (χ1n) is 5.15. The van der Waals surface area contributed by atoms with Gasteiger partial charge in [-0.3, -0.25) is 4.90 Å². The van der Waals surface area contributed by atoms with Gasteiger partial charge in [-0.1, -0.05) is 18.0 Å². The highest BCUT2D eigenvalue weighted by molar-refractivity contribution is 6.30. The molecule has 0 saturated carbocycles. The Hall–Kier alpha value is -1.05. The van der Waals surface area contributed by atoms with Crippen LogP contribution in [0.2, 0.25) is 5.15 Å². The summed E-state index contributed by atoms with van der Waals surface area (Å²) >= 11 is 5.91. The van der Waals surface area contributed by atoms with Gasteiger partial charge >= 0.3 is 0 Å². The molecule has 4 nitrogen and oxygen atoms in total. The van der Waals surface area contributed by atoms with E-state index in [2.05, 4.69) is 20.9 Å². The summed E-state index contributed by atoms with van der Waals surface area (Å²) in [5, 5.41) is 9.59. The number of hydrogen-bond donors (Lipinski definition) is 1. The number of aromatic nitrogens is 2. The minimum Gasteiger partial charge on any atom is -0.345 e. The minimum absolute atomic E-state index is 0.278. The van der Waals surface area contributed by atoms with E-state index >= 15 is 0 Å². The van der Waals surface area contributed by atoms with Crippen molar-refractivity contribution in [3.05, 3.63) is 17.2 Å². The fourth-order valence-corrected chi connectivity index (χ4v) is 2.19. The summed E-state index contributed by atoms with van der Waals surface area (Å²) in [4.78, 5) is 9.01. The predicted octanol–water partition coefficient (Wildman–Crippen LogP) is 2.11. The molecule has 1 N–H and O–H groups in total. The second kappa shape index (κ2) is 4.65. The summed E-state index contributed by atoms with van der Waals surface area (Å²) in [5.41, 5.74) is 0.723. The molecule has 1 aliphatic heterocycles. The van der Waals surface area contributed by atoms with Crippen molar-refractivity contribution in [1.29, 1.82) is 5.26 Å². The Labute approximate surface area is 93.9 Å². The molecule has 2 rings (SSSR count). The third kappa shape index (κ3) is 2.14. The Morgan fingerprint density at radius 2 is 2.20 bits per heavy atom. The van der Waals surface area contributed by atoms with Crippen molar-refractivity contribution in [2.75, 3.05) is 13.1 Å². The highest BCUT2D eigenvalue weighted by Gasteiger charge is 2.25. The molecule has 1 saturated heterocycles. The predicted molar refractivity (Wildman–Crippen MR) is 57.4 cm³/mol. The number of nitriles is 1. The van der Waals surface area contributed by atoms with Crippen molar-refractivity contribution < 1.29 is 0 Å². The number of likely N-dealkylation sites (tertiary alicyclic amines) is 1. The summed E-state index contributed by atoms with van der Waals surface area (Å²) in [6, 6.07) is 2.01. The van der Waals surface area contributed by atoms with E-state index in [9.17, 15) is 5.26 Å². The molecule has 1 atom stereocenters. The number of hydrogen-bond acceptors (Lipinski definition) is 3. The van der Waals surface area contributed by atoms with Gasteiger partial charge in [-0.2, -0.15) is 5.26 Å². The molecule has 0 bridgehead atoms. The average molecular weight is 225 g/mol. The highest BCUT2D eigenvalue weighted by atomic mass is 35.5. The van der Waals surface area contributed by atoms with Crippen molar-refractivity contribution in [2.24, 2.45) is 0 Å². The number of nitrogens with one attached hydrogen (secondary N) is 1. The Balaban J connectivity index is 2.17. The molecule has 0 radical (unpaired) electrons. The number of piperidine rings is 1. The monoisotopic (exact) mass is 224 g/mol. The number of halogens is 1. The molecule has 1 aromatic heterocycles. The van der Waals surface area contributed by atoms with Crippen LogP contribution in [0.5, 0.6) is 0 Å². The quantitative estimate of drug-likeness (QED) is 0.837. The molecule has 0 aliphatic carbocycles. The molecule has 1 aliphatic rings. The van der Waals surface area contributed by atoms with E-state index in [0.29, 0.717) is 5.15 Å². The lowest BCUT2D eigenvalue weighted by Gasteiger charge is -2.29. The maximum atomic E-state index is 9.18. The molecule has 15 heavy (non-hydrogen) atoms. The largest absolute Gasteiger partial charge is 0.345 e. The van der Waals surface area contributed by atoms with Gasteiger partial charge in [0.15, 0.2) is 5.15 Å². The SMILES string of the molecule is N#CC(c1[nH]cnc1Cl)N1CCCCC1. The third-order valence-electron chi connectivity index (χ3n) is 2.77. The van der Waals surface area contributed by atoms with Crippen LogP contribution in [-0.4, -0.2) is 28.0 Å². The van der Waals surface area contributed by atoms with E-state index in [1.54, 1.807) is 0 Å². The molecule has 1 unspecified atom stereocenters. The van der Waals surface area contributed by atoms with E-state index in [0.717, 1.165) is 31.6 Å². The normalized spacial score (nSPS) is 19.7. The lowest BCUT2D eigenvalue weighted by molar-refractivity contribution is 0.194. The fourth-order valence-electron chi connectivity index (χ4n) is 1.98. The van der Waals surface area contributed by atoms with Gasteiger partial charge in [0.05, 0.1) is 18.1 Å². The fraction of sp³-hybridized carbons (Fsp3) is 0.600. The van der Waals surface area contributed by atoms with Gasteiger partial charge in [0.25, 0.3) is 0 Å². The minimum atomic E-state index is -0.278. The van der Waals surface area contributed by atoms with Gasteiger partial charge in [0.2, 0.25) is 0 Å². The molecule has 1 aromatic rings. The van der Waals surface area contributed by atoms with Crippen LogP contribution in [0.1, 0.15) is 31.0 Å². The van der Waals surface area contributed by atoms with Gasteiger partial charge in [-0.15, -0.1) is 0 Å². The maximum Gasteiger partial charge on any atom is 0.152 e. The first kappa shape index (κ1) is 10.5. The molecule has 0 spiro atoms. The zero-order chi connectivity index (χ0) is 10.7. The van der Waals surface area contributed by atoms with Gasteiger partial charge < -0.3 is 4.98 Å². The number of rotatable bonds is 2. The first-order valence-corrected chi connectivity index (χ1v) is 5.53. The lowest BCUT2D eigenvalue weighted by atomic mass is 10.1. The van der Waals surface area contributed by atoms with Crippen molar-refractivity contribution >= 4 is 11.6 Å². The molecule has 5 heteroatoms. The Morgan fingerprint density at radius 3 is 2.73 bits per heavy atom. The van der Waals surface area contributed by atoms with Crippen LogP contribution in [0.3, 0.4) is 0 Å². The van der Waals surface area contributed by atoms with Crippen LogP contribution < -0.4 is 0 Å². The second-order valence-corrected chi connectivity index (χ2v) is 4.09. The molecule has 0 amide bonds. The van der Waals surface area contributed by atoms with Crippen LogP contribution in [0.15, 0.2) is 6.33 Å². The van der Waals surface area contributed by atoms with Crippen LogP contribution in [0, 0.1) is 11.3 Å². The van der Waals surface area contributed by atoms with E-state index in [-0.39, 0.29) is 6.04 Å². The highest BCUT2D eigenvalue weighted by Crippen LogP contribution is 2.26. The van der Waals surface area contributed by atoms with Crippen molar-refractivity contribution in [2.45, 2.75) is 25.3 Å². The summed E-state index contributed by atoms with van der Waals surface area (Å²) in [6.07, 6.45) is 5.10. The Bertz CT molecular complexity index is 362. The van der Waals surface area contributed by atoms with E-state index in [1.165, 1.54) is 12.7 Å². The number of nitrogens with zero attached hydrogens (tertiary/aromatic N) is 3. The summed E-state index contributed by atoms with van der Waals surface area (Å²) in [5.74, 6) is 0. The topological polar surface area (TPSA) is 55.7 Å². The van der Waals surface area contributed by atoms with Crippen molar-refractivity contribution in [3.63, 3.8) is 0 Å². The van der Waals surface area contributed by atoms with E-state index in [1.807, 2.05) is 0 Å². The van der Waals surface area contributed by atoms with Crippen LogP contribution in [0.4, 0.5) is 0 Å². The van der Waals surface area contributed by atoms with Gasteiger partial charge in [0, 0.05) is 0 Å². The molecular formula is C10H13ClN4. The van der Waals surface area contributed by atoms with Crippen molar-refractivity contribution in [3.8, 4) is 6.07 Å². The third-order valence-corrected chi connectivity index (χ3v) is 3.07. The number of H-pyrrole nitrogens is 1. The van der Waals surface area contributed by atoms with E-state index < -0.39 is 0 Å². The number of aromatic amines is 1. The first-order chi connectivity index (χ1) is 7.33. The lowest BCUT2D eigenvalue weighted by Crippen LogP contribution is -2.33. The molecule has 0 aromatic carbocycles. The molecular weight excluding hydrogens is 212 g/mol. The standard InChI is InChI=1S/C10H13ClN4/c11-10-9(13-7-14-10)8(6-12)15-4-2-1-3-5-15/h7-8H,1-5H2,(H,13,14). The molecule has 1 fully saturated rings. The summed E-state index contributed by atoms with van der Waals surface area (Å²) < 4.78 is 0. The average Bonchev–Trinajstić information content (AvgIpc) is 2.68. The van der Waals surface area contributed by atoms with E-state index in [4.69, 9.17) is 11.6 Å². The van der Waals surface area contributed by atoms with Crippen molar-refractivity contribution in [1.82, 2.24) is 14.9 Å².